The molecule has 0 bridgehead atoms. The van der Waals surface area contributed by atoms with E-state index >= 15 is 0 Å². The van der Waals surface area contributed by atoms with Crippen LogP contribution in [0.5, 0.6) is 0 Å². The fourth-order valence-corrected chi connectivity index (χ4v) is 3.34. The molecule has 0 spiro atoms. The number of anilines is 1. The third-order valence-corrected chi connectivity index (χ3v) is 4.73. The van der Waals surface area contributed by atoms with Crippen molar-refractivity contribution in [3.63, 3.8) is 0 Å². The highest BCUT2D eigenvalue weighted by Gasteiger charge is 2.36. The van der Waals surface area contributed by atoms with E-state index in [1.807, 2.05) is 0 Å². The van der Waals surface area contributed by atoms with E-state index in [0.29, 0.717) is 11.3 Å². The molecular formula is C21H19F3N2O3. The molecular weight excluding hydrogens is 385 g/mol. The minimum absolute atomic E-state index is 0.0633. The Morgan fingerprint density at radius 2 is 1.86 bits per heavy atom. The maximum Gasteiger partial charge on any atom is 0.416 e. The van der Waals surface area contributed by atoms with E-state index in [0.717, 1.165) is 18.2 Å². The summed E-state index contributed by atoms with van der Waals surface area (Å²) in [5, 5.41) is 12.6. The number of carbonyl (C=O) groups is 2. The Morgan fingerprint density at radius 3 is 2.48 bits per heavy atom. The Balaban J connectivity index is 1.85. The number of amides is 2. The van der Waals surface area contributed by atoms with Gasteiger partial charge in [-0.15, -0.1) is 0 Å². The maximum atomic E-state index is 13.0. The van der Waals surface area contributed by atoms with Crippen LogP contribution in [0.25, 0.3) is 0 Å². The molecule has 2 amide bonds. The van der Waals surface area contributed by atoms with Crippen LogP contribution in [0.15, 0.2) is 61.2 Å². The van der Waals surface area contributed by atoms with Gasteiger partial charge in [-0.3, -0.25) is 9.59 Å². The molecule has 1 saturated heterocycles. The largest absolute Gasteiger partial charge is 0.416 e. The Kier molecular flexibility index (Phi) is 5.74. The van der Waals surface area contributed by atoms with Crippen molar-refractivity contribution in [1.29, 1.82) is 0 Å². The number of aliphatic hydroxyl groups is 1. The summed E-state index contributed by atoms with van der Waals surface area (Å²) >= 11 is 0. The first-order valence-electron chi connectivity index (χ1n) is 8.88. The number of hydrogen-bond donors (Lipinski definition) is 2. The van der Waals surface area contributed by atoms with Gasteiger partial charge in [0.2, 0.25) is 5.91 Å². The molecule has 0 unspecified atom stereocenters. The molecule has 29 heavy (non-hydrogen) atoms. The molecule has 3 rings (SSSR count). The molecule has 2 atom stereocenters. The fourth-order valence-electron chi connectivity index (χ4n) is 3.34. The molecule has 2 N–H and O–H groups in total. The average molecular weight is 404 g/mol. The van der Waals surface area contributed by atoms with Crippen LogP contribution < -0.4 is 5.32 Å². The summed E-state index contributed by atoms with van der Waals surface area (Å²) < 4.78 is 38.4. The zero-order valence-corrected chi connectivity index (χ0v) is 15.3. The first-order valence-corrected chi connectivity index (χ1v) is 8.88. The van der Waals surface area contributed by atoms with E-state index in [1.165, 1.54) is 23.1 Å². The highest BCUT2D eigenvalue weighted by Crippen LogP contribution is 2.36. The second-order valence-corrected chi connectivity index (χ2v) is 6.76. The summed E-state index contributed by atoms with van der Waals surface area (Å²) in [6, 6.07) is 10.3. The summed E-state index contributed by atoms with van der Waals surface area (Å²) in [5.41, 5.74) is 0.437. The Bertz CT molecular complexity index is 926. The van der Waals surface area contributed by atoms with Crippen molar-refractivity contribution in [2.45, 2.75) is 24.7 Å². The quantitative estimate of drug-likeness (QED) is 0.762. The van der Waals surface area contributed by atoms with E-state index in [9.17, 15) is 27.9 Å². The van der Waals surface area contributed by atoms with E-state index in [2.05, 4.69) is 11.9 Å². The Morgan fingerprint density at radius 1 is 1.17 bits per heavy atom. The lowest BCUT2D eigenvalue weighted by molar-refractivity contribution is -0.137. The molecule has 2 aromatic rings. The third kappa shape index (κ3) is 4.65. The minimum atomic E-state index is -4.44. The average Bonchev–Trinajstić information content (AvgIpc) is 3.08. The second kappa shape index (κ2) is 8.08. The van der Waals surface area contributed by atoms with Gasteiger partial charge in [0.15, 0.2) is 0 Å². The molecule has 0 aliphatic carbocycles. The number of carbonyl (C=O) groups excluding carboxylic acids is 2. The molecule has 1 aliphatic rings. The number of hydrogen-bond acceptors (Lipinski definition) is 3. The summed E-state index contributed by atoms with van der Waals surface area (Å²) in [7, 11) is 0. The summed E-state index contributed by atoms with van der Waals surface area (Å²) in [4.78, 5) is 25.9. The number of benzene rings is 2. The minimum Gasteiger partial charge on any atom is -0.391 e. The van der Waals surface area contributed by atoms with Gasteiger partial charge in [0.05, 0.1) is 17.7 Å². The van der Waals surface area contributed by atoms with Crippen LogP contribution in [0.1, 0.15) is 33.9 Å². The predicted molar refractivity (Wildman–Crippen MR) is 101 cm³/mol. The first kappa shape index (κ1) is 20.6. The number of nitrogens with zero attached hydrogens (tertiary/aromatic N) is 1. The van der Waals surface area contributed by atoms with Gasteiger partial charge in [0.1, 0.15) is 0 Å². The topological polar surface area (TPSA) is 69.6 Å². The summed E-state index contributed by atoms with van der Waals surface area (Å²) in [6.07, 6.45) is -3.90. The van der Waals surface area contributed by atoms with Gasteiger partial charge in [0.25, 0.3) is 5.91 Å². The Labute approximate surface area is 165 Å². The van der Waals surface area contributed by atoms with Crippen LogP contribution in [0.4, 0.5) is 18.9 Å². The molecule has 0 aromatic heterocycles. The first-order chi connectivity index (χ1) is 13.7. The van der Waals surface area contributed by atoms with Crippen LogP contribution in [0.3, 0.4) is 0 Å². The van der Waals surface area contributed by atoms with E-state index in [1.54, 1.807) is 18.2 Å². The number of alkyl halides is 3. The molecule has 8 heteroatoms. The van der Waals surface area contributed by atoms with Crippen LogP contribution in [-0.4, -0.2) is 34.5 Å². The lowest BCUT2D eigenvalue weighted by Crippen LogP contribution is -2.31. The molecule has 152 valence electrons. The highest BCUT2D eigenvalue weighted by molar-refractivity contribution is 6.01. The van der Waals surface area contributed by atoms with E-state index in [-0.39, 0.29) is 24.4 Å². The smallest absolute Gasteiger partial charge is 0.391 e. The van der Waals surface area contributed by atoms with Crippen molar-refractivity contribution in [3.05, 3.63) is 77.9 Å². The molecule has 0 saturated carbocycles. The fraction of sp³-hybridized carbons (Fsp3) is 0.238. The molecule has 1 fully saturated rings. The Hall–Kier alpha value is -3.13. The number of β-amino-alcohol motifs (C(OH)–C–C–N with tert-alkyl or cyclic N) is 1. The zero-order valence-electron chi connectivity index (χ0n) is 15.3. The van der Waals surface area contributed by atoms with Crippen molar-refractivity contribution >= 4 is 17.5 Å². The van der Waals surface area contributed by atoms with Gasteiger partial charge in [-0.2, -0.15) is 13.2 Å². The highest BCUT2D eigenvalue weighted by atomic mass is 19.4. The number of rotatable bonds is 4. The van der Waals surface area contributed by atoms with Gasteiger partial charge in [-0.1, -0.05) is 24.8 Å². The van der Waals surface area contributed by atoms with E-state index in [4.69, 9.17) is 0 Å². The lowest BCUT2D eigenvalue weighted by atomic mass is 10.0. The van der Waals surface area contributed by atoms with Crippen LogP contribution in [0, 0.1) is 0 Å². The van der Waals surface area contributed by atoms with Crippen molar-refractivity contribution < 1.29 is 27.9 Å². The molecule has 5 nitrogen and oxygen atoms in total. The second-order valence-electron chi connectivity index (χ2n) is 6.76. The van der Waals surface area contributed by atoms with Crippen LogP contribution >= 0.6 is 0 Å². The molecule has 2 aromatic carbocycles. The van der Waals surface area contributed by atoms with Crippen molar-refractivity contribution in [3.8, 4) is 0 Å². The predicted octanol–water partition coefficient (Wildman–Crippen LogP) is 3.78. The van der Waals surface area contributed by atoms with Gasteiger partial charge >= 0.3 is 6.18 Å². The third-order valence-electron chi connectivity index (χ3n) is 4.73. The number of likely N-dealkylation sites (tertiary alicyclic amines) is 1. The van der Waals surface area contributed by atoms with Crippen LogP contribution in [-0.2, 0) is 11.0 Å². The van der Waals surface area contributed by atoms with Gasteiger partial charge in [-0.05, 0) is 48.4 Å². The van der Waals surface area contributed by atoms with Crippen molar-refractivity contribution in [2.24, 2.45) is 0 Å². The lowest BCUT2D eigenvalue weighted by Gasteiger charge is -2.25. The summed E-state index contributed by atoms with van der Waals surface area (Å²) in [6.45, 7) is 3.43. The van der Waals surface area contributed by atoms with Crippen molar-refractivity contribution in [1.82, 2.24) is 4.90 Å². The van der Waals surface area contributed by atoms with Crippen LogP contribution in [0.2, 0.25) is 0 Å². The number of aliphatic hydroxyl groups excluding tert-OH is 1. The SMILES string of the molecule is C=CC(=O)Nc1cccc(C(=O)N2C[C@H](O)C[C@H]2c2ccc(C(F)(F)F)cc2)c1. The van der Waals surface area contributed by atoms with Gasteiger partial charge < -0.3 is 15.3 Å². The zero-order chi connectivity index (χ0) is 21.2. The molecule has 0 radical (unpaired) electrons. The van der Waals surface area contributed by atoms with Gasteiger partial charge in [-0.25, -0.2) is 0 Å². The standard InChI is InChI=1S/C21H19F3N2O3/c1-2-19(28)25-16-5-3-4-14(10-16)20(29)26-12-17(27)11-18(26)13-6-8-15(9-7-13)21(22,23)24/h2-10,17-18,27H,1,11-12H2,(H,25,28)/t17-,18+/m1/s1. The number of nitrogens with one attached hydrogen (secondary N) is 1. The molecule has 1 aliphatic heterocycles. The normalized spacial score (nSPS) is 19.1. The van der Waals surface area contributed by atoms with Crippen molar-refractivity contribution in [2.75, 3.05) is 11.9 Å². The maximum absolute atomic E-state index is 13.0. The summed E-state index contributed by atoms with van der Waals surface area (Å²) in [5.74, 6) is -0.810. The van der Waals surface area contributed by atoms with E-state index < -0.39 is 29.8 Å². The monoisotopic (exact) mass is 404 g/mol. The number of halogens is 3. The molecule has 1 heterocycles. The van der Waals surface area contributed by atoms with Gasteiger partial charge in [0, 0.05) is 17.8 Å².